The van der Waals surface area contributed by atoms with E-state index in [4.69, 9.17) is 16.3 Å². The third-order valence-corrected chi connectivity index (χ3v) is 1.92. The van der Waals surface area contributed by atoms with E-state index in [1.807, 2.05) is 6.92 Å². The summed E-state index contributed by atoms with van der Waals surface area (Å²) < 4.78 is 5.10. The van der Waals surface area contributed by atoms with E-state index < -0.39 is 6.10 Å². The summed E-state index contributed by atoms with van der Waals surface area (Å²) in [7, 11) is 0. The predicted molar refractivity (Wildman–Crippen MR) is 59.9 cm³/mol. The molecule has 0 aliphatic rings. The summed E-state index contributed by atoms with van der Waals surface area (Å²) in [5.74, 6) is 0.125. The molecule has 0 saturated heterocycles. The van der Waals surface area contributed by atoms with Crippen LogP contribution in [0.5, 0.6) is 0 Å². The maximum absolute atomic E-state index is 11.4. The van der Waals surface area contributed by atoms with E-state index in [1.54, 1.807) is 6.92 Å². The Morgan fingerprint density at radius 2 is 2.31 bits per heavy atom. The molecule has 1 aromatic rings. The van der Waals surface area contributed by atoms with Gasteiger partial charge in [0.1, 0.15) is 11.3 Å². The highest BCUT2D eigenvalue weighted by Gasteiger charge is 2.11. The quantitative estimate of drug-likeness (QED) is 0.756. The lowest BCUT2D eigenvalue weighted by molar-refractivity contribution is -0.130. The Balaban J connectivity index is 2.39. The van der Waals surface area contributed by atoms with Crippen LogP contribution in [0, 0.1) is 0 Å². The van der Waals surface area contributed by atoms with Gasteiger partial charge in [-0.05, 0) is 13.8 Å². The van der Waals surface area contributed by atoms with Crippen molar-refractivity contribution in [2.45, 2.75) is 20.0 Å². The van der Waals surface area contributed by atoms with Crippen LogP contribution in [0.3, 0.4) is 0 Å². The molecule has 7 heteroatoms. The minimum absolute atomic E-state index is 0.279. The molecule has 0 aliphatic heterocycles. The van der Waals surface area contributed by atoms with E-state index in [0.29, 0.717) is 17.6 Å². The van der Waals surface area contributed by atoms with Crippen molar-refractivity contribution in [3.63, 3.8) is 0 Å². The van der Waals surface area contributed by atoms with Crippen LogP contribution in [-0.2, 0) is 9.53 Å². The predicted octanol–water partition coefficient (Wildman–Crippen LogP) is 0.998. The van der Waals surface area contributed by atoms with Crippen LogP contribution in [0.1, 0.15) is 13.8 Å². The molecule has 2 N–H and O–H groups in total. The number of ether oxygens (including phenoxy) is 1. The van der Waals surface area contributed by atoms with E-state index in [2.05, 4.69) is 20.8 Å². The molecule has 16 heavy (non-hydrogen) atoms. The number of nitrogens with one attached hydrogen (secondary N) is 2. The first kappa shape index (κ1) is 12.7. The van der Waals surface area contributed by atoms with Crippen molar-refractivity contribution in [2.75, 3.05) is 12.0 Å². The largest absolute Gasteiger partial charge is 0.369 e. The first-order chi connectivity index (χ1) is 7.63. The Labute approximate surface area is 98.3 Å². The number of halogens is 1. The van der Waals surface area contributed by atoms with Crippen LogP contribution in [0.25, 0.3) is 0 Å². The molecule has 0 radical (unpaired) electrons. The summed E-state index contributed by atoms with van der Waals surface area (Å²) in [5.41, 5.74) is 5.04. The highest BCUT2D eigenvalue weighted by atomic mass is 35.5. The second-order valence-corrected chi connectivity index (χ2v) is 3.32. The Kier molecular flexibility index (Phi) is 4.94. The minimum atomic E-state index is -0.516. The van der Waals surface area contributed by atoms with E-state index >= 15 is 0 Å². The SMILES string of the molecule is CCOC(C)C(=O)NNc1cnc(Cl)cn1. The topological polar surface area (TPSA) is 76.1 Å². The smallest absolute Gasteiger partial charge is 0.267 e. The van der Waals surface area contributed by atoms with Gasteiger partial charge in [-0.25, -0.2) is 9.97 Å². The highest BCUT2D eigenvalue weighted by molar-refractivity contribution is 6.29. The number of rotatable bonds is 5. The Hall–Kier alpha value is -1.40. The molecule has 1 heterocycles. The maximum Gasteiger partial charge on any atom is 0.267 e. The number of hydrogen-bond acceptors (Lipinski definition) is 5. The van der Waals surface area contributed by atoms with Crippen molar-refractivity contribution in [1.29, 1.82) is 0 Å². The second kappa shape index (κ2) is 6.24. The van der Waals surface area contributed by atoms with Crippen molar-refractivity contribution in [3.8, 4) is 0 Å². The number of hydrazine groups is 1. The van der Waals surface area contributed by atoms with Crippen molar-refractivity contribution in [1.82, 2.24) is 15.4 Å². The van der Waals surface area contributed by atoms with Gasteiger partial charge in [-0.3, -0.25) is 15.6 Å². The molecule has 0 aromatic carbocycles. The lowest BCUT2D eigenvalue weighted by atomic mass is 10.4. The molecular formula is C9H13ClN4O2. The molecule has 1 rings (SSSR count). The molecule has 0 bridgehead atoms. The zero-order valence-electron chi connectivity index (χ0n) is 9.03. The first-order valence-electron chi connectivity index (χ1n) is 4.78. The molecule has 0 aliphatic carbocycles. The van der Waals surface area contributed by atoms with Gasteiger partial charge >= 0.3 is 0 Å². The van der Waals surface area contributed by atoms with Gasteiger partial charge in [0.05, 0.1) is 12.4 Å². The molecule has 88 valence electrons. The number of carbonyl (C=O) groups is 1. The zero-order chi connectivity index (χ0) is 12.0. The fourth-order valence-corrected chi connectivity index (χ4v) is 1.03. The van der Waals surface area contributed by atoms with Gasteiger partial charge in [0.15, 0.2) is 5.82 Å². The van der Waals surface area contributed by atoms with Crippen molar-refractivity contribution in [3.05, 3.63) is 17.5 Å². The summed E-state index contributed by atoms with van der Waals surface area (Å²) in [5, 5.41) is 0.291. The van der Waals surface area contributed by atoms with Gasteiger partial charge in [0.25, 0.3) is 5.91 Å². The molecule has 6 nitrogen and oxygen atoms in total. The molecule has 0 spiro atoms. The van der Waals surface area contributed by atoms with Crippen LogP contribution in [-0.4, -0.2) is 28.6 Å². The lowest BCUT2D eigenvalue weighted by Crippen LogP contribution is -2.38. The van der Waals surface area contributed by atoms with E-state index in [1.165, 1.54) is 12.4 Å². The minimum Gasteiger partial charge on any atom is -0.369 e. The number of carbonyl (C=O) groups excluding carboxylic acids is 1. The average molecular weight is 245 g/mol. The molecule has 1 atom stereocenters. The van der Waals surface area contributed by atoms with Crippen molar-refractivity contribution >= 4 is 23.3 Å². The number of aromatic nitrogens is 2. The monoisotopic (exact) mass is 244 g/mol. The summed E-state index contributed by atoms with van der Waals surface area (Å²) in [4.78, 5) is 19.1. The number of hydrogen-bond donors (Lipinski definition) is 2. The summed E-state index contributed by atoms with van der Waals surface area (Å²) in [6, 6.07) is 0. The third kappa shape index (κ3) is 4.00. The summed E-state index contributed by atoms with van der Waals surface area (Å²) in [6.07, 6.45) is 2.27. The fraction of sp³-hybridized carbons (Fsp3) is 0.444. The first-order valence-corrected chi connectivity index (χ1v) is 5.16. The normalized spacial score (nSPS) is 11.9. The molecule has 1 amide bonds. The van der Waals surface area contributed by atoms with Gasteiger partial charge in [0, 0.05) is 6.61 Å². The van der Waals surface area contributed by atoms with Crippen LogP contribution in [0.2, 0.25) is 5.15 Å². The highest BCUT2D eigenvalue weighted by Crippen LogP contribution is 2.03. The average Bonchev–Trinajstić information content (AvgIpc) is 2.28. The van der Waals surface area contributed by atoms with E-state index in [9.17, 15) is 4.79 Å². The van der Waals surface area contributed by atoms with Gasteiger partial charge in [0.2, 0.25) is 0 Å². The number of amides is 1. The standard InChI is InChI=1S/C9H13ClN4O2/c1-3-16-6(2)9(15)14-13-8-5-11-7(10)4-12-8/h4-6H,3H2,1-2H3,(H,12,13)(H,14,15). The van der Waals surface area contributed by atoms with E-state index in [0.717, 1.165) is 0 Å². The van der Waals surface area contributed by atoms with Crippen LogP contribution < -0.4 is 10.9 Å². The summed E-state index contributed by atoms with van der Waals surface area (Å²) in [6.45, 7) is 3.96. The maximum atomic E-state index is 11.4. The number of nitrogens with zero attached hydrogens (tertiary/aromatic N) is 2. The van der Waals surface area contributed by atoms with Gasteiger partial charge < -0.3 is 4.74 Å². The van der Waals surface area contributed by atoms with Crippen LogP contribution in [0.15, 0.2) is 12.4 Å². The number of anilines is 1. The Morgan fingerprint density at radius 1 is 1.56 bits per heavy atom. The van der Waals surface area contributed by atoms with E-state index in [-0.39, 0.29) is 5.91 Å². The Morgan fingerprint density at radius 3 is 2.88 bits per heavy atom. The molecule has 0 fully saturated rings. The van der Waals surface area contributed by atoms with Gasteiger partial charge in [-0.2, -0.15) is 0 Å². The summed E-state index contributed by atoms with van der Waals surface area (Å²) >= 11 is 5.56. The molecular weight excluding hydrogens is 232 g/mol. The molecule has 1 aromatic heterocycles. The third-order valence-electron chi connectivity index (χ3n) is 1.72. The van der Waals surface area contributed by atoms with Crippen LogP contribution in [0.4, 0.5) is 5.82 Å². The van der Waals surface area contributed by atoms with Crippen LogP contribution >= 0.6 is 11.6 Å². The second-order valence-electron chi connectivity index (χ2n) is 2.94. The van der Waals surface area contributed by atoms with Gasteiger partial charge in [-0.1, -0.05) is 11.6 Å². The van der Waals surface area contributed by atoms with Crippen molar-refractivity contribution in [2.24, 2.45) is 0 Å². The van der Waals surface area contributed by atoms with Crippen molar-refractivity contribution < 1.29 is 9.53 Å². The fourth-order valence-electron chi connectivity index (χ4n) is 0.930. The Bertz CT molecular complexity index is 344. The zero-order valence-corrected chi connectivity index (χ0v) is 9.78. The molecule has 0 saturated carbocycles. The molecule has 1 unspecified atom stereocenters. The lowest BCUT2D eigenvalue weighted by Gasteiger charge is -2.12. The van der Waals surface area contributed by atoms with Gasteiger partial charge in [-0.15, -0.1) is 0 Å².